The molecule has 2 fully saturated rings. The Labute approximate surface area is 180 Å². The molecule has 3 nitrogen and oxygen atoms in total. The van der Waals surface area contributed by atoms with E-state index in [9.17, 15) is 4.79 Å². The summed E-state index contributed by atoms with van der Waals surface area (Å²) in [5.74, 6) is 3.00. The molecule has 29 heavy (non-hydrogen) atoms. The molecule has 2 aliphatic rings. The standard InChI is InChI=1S/C26H46N2O/c1-7-10-23(9-3)27-24-13-11-21(15-19(24)5)17-22-12-14-25(20(6)16-22)28-26(29)18(4)8-2/h8,19-25,27H,2,4,7,9-17H2,1,3,5-6H3,(H,28,29). The molecule has 166 valence electrons. The van der Waals surface area contributed by atoms with Gasteiger partial charge in [-0.05, 0) is 81.5 Å². The zero-order valence-electron chi connectivity index (χ0n) is 19.5. The van der Waals surface area contributed by atoms with Gasteiger partial charge in [-0.1, -0.05) is 53.3 Å². The molecule has 2 rings (SSSR count). The molecule has 3 heteroatoms. The Morgan fingerprint density at radius 2 is 1.62 bits per heavy atom. The molecule has 7 unspecified atom stereocenters. The predicted octanol–water partition coefficient (Wildman–Crippen LogP) is 6.01. The van der Waals surface area contributed by atoms with Crippen molar-refractivity contribution < 1.29 is 4.79 Å². The van der Waals surface area contributed by atoms with E-state index in [1.54, 1.807) is 6.08 Å². The highest BCUT2D eigenvalue weighted by molar-refractivity contribution is 5.95. The summed E-state index contributed by atoms with van der Waals surface area (Å²) in [4.78, 5) is 12.1. The summed E-state index contributed by atoms with van der Waals surface area (Å²) < 4.78 is 0. The first-order valence-corrected chi connectivity index (χ1v) is 12.3. The second kappa shape index (κ2) is 11.9. The lowest BCUT2D eigenvalue weighted by atomic mass is 9.70. The van der Waals surface area contributed by atoms with Crippen molar-refractivity contribution in [1.82, 2.24) is 10.6 Å². The van der Waals surface area contributed by atoms with Crippen molar-refractivity contribution in [3.05, 3.63) is 24.8 Å². The summed E-state index contributed by atoms with van der Waals surface area (Å²) >= 11 is 0. The zero-order chi connectivity index (χ0) is 21.4. The van der Waals surface area contributed by atoms with Crippen LogP contribution in [0.5, 0.6) is 0 Å². The highest BCUT2D eigenvalue weighted by Crippen LogP contribution is 2.39. The smallest absolute Gasteiger partial charge is 0.250 e. The third-order valence-corrected chi connectivity index (χ3v) is 7.66. The van der Waals surface area contributed by atoms with Crippen LogP contribution in [0.4, 0.5) is 0 Å². The average Bonchev–Trinajstić information content (AvgIpc) is 2.70. The maximum atomic E-state index is 12.1. The molecular weight excluding hydrogens is 356 g/mol. The minimum atomic E-state index is -0.0524. The highest BCUT2D eigenvalue weighted by Gasteiger charge is 2.33. The maximum Gasteiger partial charge on any atom is 0.250 e. The fraction of sp³-hybridized carbons (Fsp3) is 0.808. The molecule has 1 amide bonds. The summed E-state index contributed by atoms with van der Waals surface area (Å²) in [6.07, 6.45) is 14.5. The van der Waals surface area contributed by atoms with Gasteiger partial charge in [-0.2, -0.15) is 0 Å². The highest BCUT2D eigenvalue weighted by atomic mass is 16.1. The van der Waals surface area contributed by atoms with Crippen LogP contribution in [0.15, 0.2) is 24.8 Å². The van der Waals surface area contributed by atoms with E-state index in [1.807, 2.05) is 0 Å². The Hall–Kier alpha value is -1.09. The summed E-state index contributed by atoms with van der Waals surface area (Å²) in [7, 11) is 0. The van der Waals surface area contributed by atoms with Crippen molar-refractivity contribution >= 4 is 5.91 Å². The molecule has 0 saturated heterocycles. The topological polar surface area (TPSA) is 41.1 Å². The monoisotopic (exact) mass is 402 g/mol. The molecule has 0 aromatic rings. The number of hydrogen-bond acceptors (Lipinski definition) is 2. The molecular formula is C26H46N2O. The van der Waals surface area contributed by atoms with E-state index in [0.29, 0.717) is 29.6 Å². The van der Waals surface area contributed by atoms with Gasteiger partial charge in [0.25, 0.3) is 5.91 Å². The molecule has 0 aromatic heterocycles. The van der Waals surface area contributed by atoms with Crippen molar-refractivity contribution in [2.75, 3.05) is 0 Å². The van der Waals surface area contributed by atoms with Gasteiger partial charge in [0.05, 0.1) is 0 Å². The minimum absolute atomic E-state index is 0.0524. The van der Waals surface area contributed by atoms with Crippen LogP contribution in [-0.4, -0.2) is 24.0 Å². The summed E-state index contributed by atoms with van der Waals surface area (Å²) in [5, 5.41) is 7.14. The van der Waals surface area contributed by atoms with Gasteiger partial charge in [-0.3, -0.25) is 4.79 Å². The van der Waals surface area contributed by atoms with E-state index >= 15 is 0 Å². The number of hydrogen-bond donors (Lipinski definition) is 2. The number of nitrogens with one attached hydrogen (secondary N) is 2. The fourth-order valence-electron chi connectivity index (χ4n) is 5.79. The maximum absolute atomic E-state index is 12.1. The lowest BCUT2D eigenvalue weighted by molar-refractivity contribution is -0.118. The summed E-state index contributed by atoms with van der Waals surface area (Å²) in [6.45, 7) is 16.8. The Morgan fingerprint density at radius 1 is 1.03 bits per heavy atom. The SMILES string of the molecule is C=CC(=C)C(=O)NC1CCC(CC2CCC(NC(CC)CCC)C(C)C2)CC1C. The zero-order valence-corrected chi connectivity index (χ0v) is 19.5. The van der Waals surface area contributed by atoms with E-state index in [4.69, 9.17) is 0 Å². The lowest BCUT2D eigenvalue weighted by Crippen LogP contribution is -2.45. The van der Waals surface area contributed by atoms with Gasteiger partial charge < -0.3 is 10.6 Å². The molecule has 0 heterocycles. The van der Waals surface area contributed by atoms with E-state index < -0.39 is 0 Å². The van der Waals surface area contributed by atoms with Crippen molar-refractivity contribution in [3.63, 3.8) is 0 Å². The van der Waals surface area contributed by atoms with Gasteiger partial charge in [0.1, 0.15) is 0 Å². The number of carbonyl (C=O) groups excluding carboxylic acids is 1. The van der Waals surface area contributed by atoms with Gasteiger partial charge in [0.2, 0.25) is 0 Å². The molecule has 2 saturated carbocycles. The summed E-state index contributed by atoms with van der Waals surface area (Å²) in [5.41, 5.74) is 0.475. The first-order valence-electron chi connectivity index (χ1n) is 12.3. The average molecular weight is 403 g/mol. The first-order chi connectivity index (χ1) is 13.9. The van der Waals surface area contributed by atoms with Crippen molar-refractivity contribution in [3.8, 4) is 0 Å². The van der Waals surface area contributed by atoms with Crippen molar-refractivity contribution in [2.24, 2.45) is 23.7 Å². The summed E-state index contributed by atoms with van der Waals surface area (Å²) in [6, 6.07) is 1.71. The Balaban J connectivity index is 1.76. The van der Waals surface area contributed by atoms with Crippen LogP contribution in [0, 0.1) is 23.7 Å². The van der Waals surface area contributed by atoms with Crippen LogP contribution in [0.3, 0.4) is 0 Å². The molecule has 2 aliphatic carbocycles. The molecule has 0 radical (unpaired) electrons. The fourth-order valence-corrected chi connectivity index (χ4v) is 5.79. The van der Waals surface area contributed by atoms with Gasteiger partial charge in [0.15, 0.2) is 0 Å². The van der Waals surface area contributed by atoms with E-state index in [0.717, 1.165) is 24.2 Å². The Kier molecular flexibility index (Phi) is 9.95. The number of rotatable bonds is 10. The van der Waals surface area contributed by atoms with Crippen LogP contribution in [0.1, 0.15) is 91.9 Å². The van der Waals surface area contributed by atoms with E-state index in [2.05, 4.69) is 51.5 Å². The van der Waals surface area contributed by atoms with Crippen LogP contribution in [-0.2, 0) is 4.79 Å². The molecule has 0 spiro atoms. The van der Waals surface area contributed by atoms with Gasteiger partial charge in [-0.25, -0.2) is 0 Å². The van der Waals surface area contributed by atoms with E-state index in [1.165, 1.54) is 57.8 Å². The minimum Gasteiger partial charge on any atom is -0.349 e. The molecule has 0 aliphatic heterocycles. The molecule has 0 aromatic carbocycles. The Morgan fingerprint density at radius 3 is 2.10 bits per heavy atom. The molecule has 2 N–H and O–H groups in total. The van der Waals surface area contributed by atoms with Crippen molar-refractivity contribution in [1.29, 1.82) is 0 Å². The van der Waals surface area contributed by atoms with Gasteiger partial charge in [0, 0.05) is 23.7 Å². The predicted molar refractivity (Wildman–Crippen MR) is 125 cm³/mol. The normalized spacial score (nSPS) is 33.7. The number of carbonyl (C=O) groups is 1. The first kappa shape index (κ1) is 24.2. The molecule has 0 bridgehead atoms. The number of amides is 1. The third kappa shape index (κ3) is 7.27. The lowest BCUT2D eigenvalue weighted by Gasteiger charge is -2.40. The Bertz CT molecular complexity index is 543. The van der Waals surface area contributed by atoms with Crippen LogP contribution >= 0.6 is 0 Å². The van der Waals surface area contributed by atoms with Crippen molar-refractivity contribution in [2.45, 2.75) is 110 Å². The molecule has 7 atom stereocenters. The quantitative estimate of drug-likeness (QED) is 0.347. The largest absolute Gasteiger partial charge is 0.349 e. The third-order valence-electron chi connectivity index (χ3n) is 7.66. The van der Waals surface area contributed by atoms with E-state index in [-0.39, 0.29) is 5.91 Å². The van der Waals surface area contributed by atoms with Crippen LogP contribution in [0.25, 0.3) is 0 Å². The van der Waals surface area contributed by atoms with Gasteiger partial charge >= 0.3 is 0 Å². The van der Waals surface area contributed by atoms with Crippen LogP contribution < -0.4 is 10.6 Å². The van der Waals surface area contributed by atoms with Crippen LogP contribution in [0.2, 0.25) is 0 Å². The second-order valence-corrected chi connectivity index (χ2v) is 10.0. The van der Waals surface area contributed by atoms with Gasteiger partial charge in [-0.15, -0.1) is 0 Å². The second-order valence-electron chi connectivity index (χ2n) is 10.0.